The van der Waals surface area contributed by atoms with Crippen molar-refractivity contribution in [2.24, 2.45) is 5.10 Å². The van der Waals surface area contributed by atoms with Crippen molar-refractivity contribution in [2.45, 2.75) is 13.2 Å². The number of benzene rings is 4. The molecule has 0 aromatic heterocycles. The Morgan fingerprint density at radius 2 is 1.67 bits per heavy atom. The van der Waals surface area contributed by atoms with Gasteiger partial charge in [-0.1, -0.05) is 54.6 Å². The van der Waals surface area contributed by atoms with E-state index in [1.807, 2.05) is 60.7 Å². The van der Waals surface area contributed by atoms with Gasteiger partial charge in [-0.3, -0.25) is 9.69 Å². The lowest BCUT2D eigenvalue weighted by molar-refractivity contribution is 0.0342. The highest BCUT2D eigenvalue weighted by molar-refractivity contribution is 5.94. The van der Waals surface area contributed by atoms with Gasteiger partial charge in [0.25, 0.3) is 5.91 Å². The Balaban J connectivity index is 1.11. The molecule has 0 radical (unpaired) electrons. The van der Waals surface area contributed by atoms with Crippen molar-refractivity contribution in [2.75, 3.05) is 26.3 Å². The smallest absolute Gasteiger partial charge is 0.271 e. The van der Waals surface area contributed by atoms with Gasteiger partial charge >= 0.3 is 0 Å². The number of carbonyl (C=O) groups excluding carboxylic acids is 1. The van der Waals surface area contributed by atoms with Crippen molar-refractivity contribution >= 4 is 22.9 Å². The van der Waals surface area contributed by atoms with Crippen LogP contribution in [0.2, 0.25) is 0 Å². The summed E-state index contributed by atoms with van der Waals surface area (Å²) in [6.45, 7) is 4.79. The van der Waals surface area contributed by atoms with Crippen molar-refractivity contribution in [3.8, 4) is 5.75 Å². The molecule has 5 rings (SSSR count). The van der Waals surface area contributed by atoms with Crippen molar-refractivity contribution < 1.29 is 14.3 Å². The molecule has 6 heteroatoms. The van der Waals surface area contributed by atoms with E-state index in [4.69, 9.17) is 9.47 Å². The topological polar surface area (TPSA) is 63.2 Å². The molecule has 36 heavy (non-hydrogen) atoms. The van der Waals surface area contributed by atoms with Gasteiger partial charge in [0.15, 0.2) is 0 Å². The average Bonchev–Trinajstić information content (AvgIpc) is 2.93. The van der Waals surface area contributed by atoms with Gasteiger partial charge in [0.05, 0.1) is 19.4 Å². The minimum absolute atomic E-state index is 0.237. The molecular weight excluding hydrogens is 450 g/mol. The molecule has 0 aliphatic carbocycles. The van der Waals surface area contributed by atoms with E-state index >= 15 is 0 Å². The first-order valence-corrected chi connectivity index (χ1v) is 12.2. The molecule has 4 aromatic rings. The summed E-state index contributed by atoms with van der Waals surface area (Å²) in [4.78, 5) is 14.8. The lowest BCUT2D eigenvalue weighted by Crippen LogP contribution is -2.35. The number of nitrogens with one attached hydrogen (secondary N) is 1. The van der Waals surface area contributed by atoms with Crippen LogP contribution in [0, 0.1) is 0 Å². The number of hydrazone groups is 1. The first-order chi connectivity index (χ1) is 17.7. The Morgan fingerprint density at radius 1 is 0.917 bits per heavy atom. The van der Waals surface area contributed by atoms with E-state index in [9.17, 15) is 4.79 Å². The summed E-state index contributed by atoms with van der Waals surface area (Å²) in [6.07, 6.45) is 1.62. The second kappa shape index (κ2) is 11.6. The first kappa shape index (κ1) is 23.7. The van der Waals surface area contributed by atoms with Gasteiger partial charge in [0, 0.05) is 25.2 Å². The van der Waals surface area contributed by atoms with Crippen LogP contribution >= 0.6 is 0 Å². The third kappa shape index (κ3) is 6.16. The number of fused-ring (bicyclic) bond motifs is 1. The average molecular weight is 480 g/mol. The fourth-order valence-corrected chi connectivity index (χ4v) is 4.24. The number of carbonyl (C=O) groups is 1. The summed E-state index contributed by atoms with van der Waals surface area (Å²) < 4.78 is 11.4. The van der Waals surface area contributed by atoms with Gasteiger partial charge in [-0.15, -0.1) is 0 Å². The van der Waals surface area contributed by atoms with Crippen LogP contribution in [0.5, 0.6) is 5.75 Å². The molecule has 1 aliphatic rings. The van der Waals surface area contributed by atoms with E-state index in [0.717, 1.165) is 49.7 Å². The van der Waals surface area contributed by atoms with Crippen LogP contribution in [0.15, 0.2) is 96.1 Å². The number of amides is 1. The van der Waals surface area contributed by atoms with E-state index in [2.05, 4.69) is 45.8 Å². The fraction of sp³-hybridized carbons (Fsp3) is 0.200. The van der Waals surface area contributed by atoms with Crippen LogP contribution in [0.4, 0.5) is 0 Å². The second-order valence-electron chi connectivity index (χ2n) is 8.78. The molecule has 0 saturated carbocycles. The maximum Gasteiger partial charge on any atom is 0.271 e. The molecule has 6 nitrogen and oxygen atoms in total. The van der Waals surface area contributed by atoms with Crippen LogP contribution in [-0.4, -0.2) is 43.3 Å². The molecule has 1 aliphatic heterocycles. The monoisotopic (exact) mass is 479 g/mol. The first-order valence-electron chi connectivity index (χ1n) is 12.2. The normalized spacial score (nSPS) is 14.2. The van der Waals surface area contributed by atoms with Gasteiger partial charge in [-0.25, -0.2) is 5.43 Å². The third-order valence-corrected chi connectivity index (χ3v) is 6.26. The number of ether oxygens (including phenoxy) is 2. The van der Waals surface area contributed by atoms with E-state index in [-0.39, 0.29) is 5.91 Å². The lowest BCUT2D eigenvalue weighted by Gasteiger charge is -2.26. The number of hydrogen-bond acceptors (Lipinski definition) is 5. The van der Waals surface area contributed by atoms with Gasteiger partial charge in [0.1, 0.15) is 12.4 Å². The largest absolute Gasteiger partial charge is 0.489 e. The van der Waals surface area contributed by atoms with Crippen LogP contribution in [0.3, 0.4) is 0 Å². The lowest BCUT2D eigenvalue weighted by atomic mass is 10.1. The molecule has 1 heterocycles. The van der Waals surface area contributed by atoms with E-state index in [1.54, 1.807) is 6.21 Å². The zero-order valence-electron chi connectivity index (χ0n) is 20.1. The SMILES string of the molecule is O=C(N/N=C\c1ccc(OCc2cccc3ccccc23)cc1)c1ccc(CN2CCOCC2)cc1. The van der Waals surface area contributed by atoms with Crippen LogP contribution in [0.1, 0.15) is 27.0 Å². The van der Waals surface area contributed by atoms with Gasteiger partial charge in [0.2, 0.25) is 0 Å². The summed E-state index contributed by atoms with van der Waals surface area (Å²) >= 11 is 0. The molecule has 0 bridgehead atoms. The minimum atomic E-state index is -0.237. The highest BCUT2D eigenvalue weighted by atomic mass is 16.5. The molecule has 0 unspecified atom stereocenters. The van der Waals surface area contributed by atoms with Crippen molar-refractivity contribution in [3.63, 3.8) is 0 Å². The predicted octanol–water partition coefficient (Wildman–Crippen LogP) is 5.01. The van der Waals surface area contributed by atoms with E-state index in [0.29, 0.717) is 12.2 Å². The summed E-state index contributed by atoms with van der Waals surface area (Å²) in [6, 6.07) is 29.8. The zero-order chi connectivity index (χ0) is 24.6. The quantitative estimate of drug-likeness (QED) is 0.285. The Kier molecular flexibility index (Phi) is 7.66. The molecule has 1 N–H and O–H groups in total. The molecule has 4 aromatic carbocycles. The van der Waals surface area contributed by atoms with Gasteiger partial charge < -0.3 is 9.47 Å². The Bertz CT molecular complexity index is 1320. The minimum Gasteiger partial charge on any atom is -0.489 e. The van der Waals surface area contributed by atoms with E-state index in [1.165, 1.54) is 16.3 Å². The molecule has 1 fully saturated rings. The predicted molar refractivity (Wildman–Crippen MR) is 142 cm³/mol. The standard InChI is InChI=1S/C30H29N3O3/c34-30(26-12-8-24(9-13-26)21-33-16-18-35-19-17-33)32-31-20-23-10-14-28(15-11-23)36-22-27-6-3-5-25-4-1-2-7-29(25)27/h1-15,20H,16-19,21-22H2,(H,32,34)/b31-20-. The summed E-state index contributed by atoms with van der Waals surface area (Å²) in [5, 5.41) is 6.51. The summed E-state index contributed by atoms with van der Waals surface area (Å²) in [7, 11) is 0. The zero-order valence-corrected chi connectivity index (χ0v) is 20.1. The Labute approximate surface area is 211 Å². The van der Waals surface area contributed by atoms with Crippen LogP contribution < -0.4 is 10.2 Å². The molecule has 1 saturated heterocycles. The third-order valence-electron chi connectivity index (χ3n) is 6.26. The van der Waals surface area contributed by atoms with Crippen molar-refractivity contribution in [3.05, 3.63) is 113 Å². The number of nitrogens with zero attached hydrogens (tertiary/aromatic N) is 2. The number of hydrogen-bond donors (Lipinski definition) is 1. The molecule has 0 atom stereocenters. The van der Waals surface area contributed by atoms with Crippen molar-refractivity contribution in [1.82, 2.24) is 10.3 Å². The highest BCUT2D eigenvalue weighted by Crippen LogP contribution is 2.21. The van der Waals surface area contributed by atoms with Gasteiger partial charge in [-0.2, -0.15) is 5.10 Å². The molecule has 1 amide bonds. The second-order valence-corrected chi connectivity index (χ2v) is 8.78. The highest BCUT2D eigenvalue weighted by Gasteiger charge is 2.11. The number of rotatable bonds is 8. The van der Waals surface area contributed by atoms with Gasteiger partial charge in [-0.05, 0) is 63.9 Å². The Morgan fingerprint density at radius 3 is 2.47 bits per heavy atom. The number of morpholine rings is 1. The summed E-state index contributed by atoms with van der Waals surface area (Å²) in [5.74, 6) is 0.542. The fourth-order valence-electron chi connectivity index (χ4n) is 4.24. The molecular formula is C30H29N3O3. The Hall–Kier alpha value is -4.00. The van der Waals surface area contributed by atoms with Crippen molar-refractivity contribution in [1.29, 1.82) is 0 Å². The maximum atomic E-state index is 12.4. The summed E-state index contributed by atoms with van der Waals surface area (Å²) in [5.41, 5.74) is 6.38. The van der Waals surface area contributed by atoms with Crippen LogP contribution in [0.25, 0.3) is 10.8 Å². The molecule has 182 valence electrons. The maximum absolute atomic E-state index is 12.4. The van der Waals surface area contributed by atoms with Crippen LogP contribution in [-0.2, 0) is 17.9 Å². The molecule has 0 spiro atoms. The van der Waals surface area contributed by atoms with E-state index < -0.39 is 0 Å².